The Balaban J connectivity index is 1.89. The predicted molar refractivity (Wildman–Crippen MR) is 123 cm³/mol. The molecule has 8 heteroatoms. The molecular formula is C23H30N6O2. The third-order valence-electron chi connectivity index (χ3n) is 5.93. The highest BCUT2D eigenvalue weighted by atomic mass is 16.1. The number of nitrogens with two attached hydrogens (primary N) is 1. The first-order valence-electron chi connectivity index (χ1n) is 11.0. The summed E-state index contributed by atoms with van der Waals surface area (Å²) < 4.78 is 0. The van der Waals surface area contributed by atoms with Crippen molar-refractivity contribution in [1.82, 2.24) is 10.3 Å². The van der Waals surface area contributed by atoms with Crippen LogP contribution >= 0.6 is 0 Å². The topological polar surface area (TPSA) is 112 Å². The Bertz CT molecular complexity index is 950. The number of piperazine rings is 1. The molecule has 2 fully saturated rings. The zero-order valence-corrected chi connectivity index (χ0v) is 17.9. The molecule has 0 atom stereocenters. The molecule has 1 amide bonds. The SMILES string of the molecule is CC(=O)c1c(N2CCNCC2)nc(Nc2ccccc2)c(C(N)=O)c1NC1CCCC1. The van der Waals surface area contributed by atoms with Gasteiger partial charge in [-0.2, -0.15) is 0 Å². The molecule has 5 N–H and O–H groups in total. The standard InChI is InChI=1S/C23H30N6O2/c1-15(30)18-20(26-16-9-5-6-10-16)19(21(24)31)22(27-17-7-3-2-4-8-17)28-23(18)29-13-11-25-12-14-29/h2-4,7-8,16,25H,5-6,9-14H2,1H3,(H2,24,31)(H2,26,27,28). The zero-order valence-electron chi connectivity index (χ0n) is 17.9. The first-order valence-corrected chi connectivity index (χ1v) is 11.0. The number of para-hydroxylation sites is 1. The highest BCUT2D eigenvalue weighted by Crippen LogP contribution is 2.37. The van der Waals surface area contributed by atoms with E-state index in [4.69, 9.17) is 10.7 Å². The summed E-state index contributed by atoms with van der Waals surface area (Å²) >= 11 is 0. The fraction of sp³-hybridized carbons (Fsp3) is 0.435. The second-order valence-corrected chi connectivity index (χ2v) is 8.18. The first kappa shape index (κ1) is 21.1. The Morgan fingerprint density at radius 3 is 2.39 bits per heavy atom. The van der Waals surface area contributed by atoms with Crippen molar-refractivity contribution in [2.45, 2.75) is 38.6 Å². The third-order valence-corrected chi connectivity index (χ3v) is 5.93. The van der Waals surface area contributed by atoms with Gasteiger partial charge in [-0.25, -0.2) is 4.98 Å². The minimum absolute atomic E-state index is 0.129. The number of nitrogens with one attached hydrogen (secondary N) is 3. The Morgan fingerprint density at radius 1 is 1.10 bits per heavy atom. The predicted octanol–water partition coefficient (Wildman–Crippen LogP) is 2.89. The molecule has 164 valence electrons. The summed E-state index contributed by atoms with van der Waals surface area (Å²) in [6.45, 7) is 4.61. The summed E-state index contributed by atoms with van der Waals surface area (Å²) in [6.07, 6.45) is 4.26. The van der Waals surface area contributed by atoms with E-state index in [0.717, 1.165) is 57.5 Å². The Kier molecular flexibility index (Phi) is 6.36. The molecule has 1 aliphatic carbocycles. The number of hydrogen-bond donors (Lipinski definition) is 4. The van der Waals surface area contributed by atoms with E-state index >= 15 is 0 Å². The summed E-state index contributed by atoms with van der Waals surface area (Å²) in [5, 5.41) is 10.1. The van der Waals surface area contributed by atoms with E-state index in [0.29, 0.717) is 22.9 Å². The maximum Gasteiger partial charge on any atom is 0.254 e. The van der Waals surface area contributed by atoms with Crippen molar-refractivity contribution in [3.8, 4) is 0 Å². The smallest absolute Gasteiger partial charge is 0.254 e. The maximum atomic E-state index is 12.9. The van der Waals surface area contributed by atoms with Gasteiger partial charge in [-0.3, -0.25) is 9.59 Å². The molecule has 31 heavy (non-hydrogen) atoms. The number of primary amides is 1. The molecule has 1 saturated carbocycles. The van der Waals surface area contributed by atoms with Gasteiger partial charge < -0.3 is 26.6 Å². The maximum absolute atomic E-state index is 12.9. The molecule has 0 spiro atoms. The third kappa shape index (κ3) is 4.64. The van der Waals surface area contributed by atoms with Gasteiger partial charge >= 0.3 is 0 Å². The minimum Gasteiger partial charge on any atom is -0.381 e. The van der Waals surface area contributed by atoms with E-state index in [1.807, 2.05) is 30.3 Å². The molecule has 1 aromatic carbocycles. The number of ketones is 1. The van der Waals surface area contributed by atoms with Crippen LogP contribution in [0.15, 0.2) is 30.3 Å². The Morgan fingerprint density at radius 2 is 1.77 bits per heavy atom. The Labute approximate surface area is 182 Å². The molecule has 0 radical (unpaired) electrons. The monoisotopic (exact) mass is 422 g/mol. The van der Waals surface area contributed by atoms with Crippen molar-refractivity contribution in [1.29, 1.82) is 0 Å². The van der Waals surface area contributed by atoms with Gasteiger partial charge in [0.15, 0.2) is 5.78 Å². The van der Waals surface area contributed by atoms with Crippen LogP contribution in [0.4, 0.5) is 23.0 Å². The van der Waals surface area contributed by atoms with Gasteiger partial charge in [0.1, 0.15) is 17.2 Å². The number of hydrogen-bond acceptors (Lipinski definition) is 7. The normalized spacial score (nSPS) is 16.9. The van der Waals surface area contributed by atoms with Crippen LogP contribution in [0.2, 0.25) is 0 Å². The molecule has 1 saturated heterocycles. The molecule has 2 aromatic rings. The largest absolute Gasteiger partial charge is 0.381 e. The van der Waals surface area contributed by atoms with Gasteiger partial charge in [-0.15, -0.1) is 0 Å². The molecule has 1 aliphatic heterocycles. The van der Waals surface area contributed by atoms with Gasteiger partial charge in [0.25, 0.3) is 5.91 Å². The van der Waals surface area contributed by atoms with E-state index in [1.165, 1.54) is 6.92 Å². The van der Waals surface area contributed by atoms with Gasteiger partial charge in [-0.1, -0.05) is 31.0 Å². The molecule has 2 heterocycles. The van der Waals surface area contributed by atoms with Crippen LogP contribution in [0.25, 0.3) is 0 Å². The molecule has 8 nitrogen and oxygen atoms in total. The van der Waals surface area contributed by atoms with Crippen LogP contribution in [-0.2, 0) is 0 Å². The fourth-order valence-corrected chi connectivity index (χ4v) is 4.42. The lowest BCUT2D eigenvalue weighted by Crippen LogP contribution is -2.44. The number of anilines is 4. The quantitative estimate of drug-likeness (QED) is 0.508. The second-order valence-electron chi connectivity index (χ2n) is 8.18. The van der Waals surface area contributed by atoms with Crippen LogP contribution in [0.3, 0.4) is 0 Å². The van der Waals surface area contributed by atoms with E-state index in [2.05, 4.69) is 20.9 Å². The van der Waals surface area contributed by atoms with E-state index in [1.54, 1.807) is 0 Å². The van der Waals surface area contributed by atoms with Crippen molar-refractivity contribution < 1.29 is 9.59 Å². The summed E-state index contributed by atoms with van der Waals surface area (Å²) in [5.74, 6) is 0.228. The number of pyridine rings is 1. The molecule has 4 rings (SSSR count). The van der Waals surface area contributed by atoms with Crippen molar-refractivity contribution in [2.75, 3.05) is 41.7 Å². The highest BCUT2D eigenvalue weighted by Gasteiger charge is 2.30. The molecule has 1 aromatic heterocycles. The van der Waals surface area contributed by atoms with Crippen LogP contribution in [0, 0.1) is 0 Å². The van der Waals surface area contributed by atoms with Gasteiger partial charge in [0.2, 0.25) is 0 Å². The van der Waals surface area contributed by atoms with E-state index < -0.39 is 5.91 Å². The van der Waals surface area contributed by atoms with Crippen LogP contribution in [0.5, 0.6) is 0 Å². The van der Waals surface area contributed by atoms with Crippen molar-refractivity contribution >= 4 is 34.7 Å². The van der Waals surface area contributed by atoms with E-state index in [9.17, 15) is 9.59 Å². The second kappa shape index (κ2) is 9.34. The number of carbonyl (C=O) groups excluding carboxylic acids is 2. The number of Topliss-reactive ketones (excluding diaryl/α,β-unsaturated/α-hetero) is 1. The summed E-state index contributed by atoms with van der Waals surface area (Å²) in [5.41, 5.74) is 7.83. The number of benzene rings is 1. The van der Waals surface area contributed by atoms with Gasteiger partial charge in [0, 0.05) is 37.9 Å². The molecule has 2 aliphatic rings. The number of rotatable bonds is 7. The van der Waals surface area contributed by atoms with Crippen molar-refractivity contribution in [2.24, 2.45) is 5.73 Å². The minimum atomic E-state index is -0.610. The lowest BCUT2D eigenvalue weighted by molar-refractivity contribution is 0.100. The summed E-state index contributed by atoms with van der Waals surface area (Å²) in [6, 6.07) is 9.75. The first-order chi connectivity index (χ1) is 15.0. The highest BCUT2D eigenvalue weighted by molar-refractivity contribution is 6.13. The van der Waals surface area contributed by atoms with Crippen molar-refractivity contribution in [3.05, 3.63) is 41.5 Å². The summed E-state index contributed by atoms with van der Waals surface area (Å²) in [7, 11) is 0. The number of aromatic nitrogens is 1. The zero-order chi connectivity index (χ0) is 21.8. The average molecular weight is 423 g/mol. The number of amides is 1. The van der Waals surface area contributed by atoms with Crippen molar-refractivity contribution in [3.63, 3.8) is 0 Å². The van der Waals surface area contributed by atoms with Crippen LogP contribution in [-0.4, -0.2) is 48.9 Å². The lowest BCUT2D eigenvalue weighted by Gasteiger charge is -2.32. The molecule has 0 bridgehead atoms. The van der Waals surface area contributed by atoms with E-state index in [-0.39, 0.29) is 17.4 Å². The number of carbonyl (C=O) groups is 2. The molecular weight excluding hydrogens is 392 g/mol. The van der Waals surface area contributed by atoms with Gasteiger partial charge in [0.05, 0.1) is 11.3 Å². The van der Waals surface area contributed by atoms with Crippen LogP contribution in [0.1, 0.15) is 53.3 Å². The molecule has 0 unspecified atom stereocenters. The number of nitrogens with zero attached hydrogens (tertiary/aromatic N) is 2. The Hall–Kier alpha value is -3.13. The van der Waals surface area contributed by atoms with Crippen LogP contribution < -0.4 is 26.6 Å². The lowest BCUT2D eigenvalue weighted by atomic mass is 10.0. The van der Waals surface area contributed by atoms with Gasteiger partial charge in [-0.05, 0) is 31.9 Å². The fourth-order valence-electron chi connectivity index (χ4n) is 4.42. The summed E-state index contributed by atoms with van der Waals surface area (Å²) in [4.78, 5) is 32.4. The average Bonchev–Trinajstić information content (AvgIpc) is 3.27.